The van der Waals surface area contributed by atoms with Crippen LogP contribution in [0.5, 0.6) is 0 Å². The molecule has 2 aromatic heterocycles. The van der Waals surface area contributed by atoms with Gasteiger partial charge in [-0.1, -0.05) is 24.3 Å². The fourth-order valence-corrected chi connectivity index (χ4v) is 2.92. The van der Waals surface area contributed by atoms with Gasteiger partial charge in [0.15, 0.2) is 0 Å². The van der Waals surface area contributed by atoms with E-state index in [2.05, 4.69) is 22.1 Å². The number of rotatable bonds is 2. The average Bonchev–Trinajstić information content (AvgIpc) is 3.03. The molecule has 0 amide bonds. The number of hydrogen-bond acceptors (Lipinski definition) is 4. The Balaban J connectivity index is 2.19. The molecule has 0 saturated heterocycles. The van der Waals surface area contributed by atoms with E-state index in [9.17, 15) is 0 Å². The summed E-state index contributed by atoms with van der Waals surface area (Å²) in [6.45, 7) is 0. The van der Waals surface area contributed by atoms with Gasteiger partial charge in [-0.15, -0.1) is 22.7 Å². The van der Waals surface area contributed by atoms with Crippen molar-refractivity contribution in [3.63, 3.8) is 0 Å². The van der Waals surface area contributed by atoms with Crippen LogP contribution in [0.2, 0.25) is 0 Å². The Bertz CT molecular complexity index is 518. The zero-order valence-corrected chi connectivity index (χ0v) is 9.96. The van der Waals surface area contributed by atoms with Gasteiger partial charge in [-0.25, -0.2) is 9.97 Å². The van der Waals surface area contributed by atoms with Crippen LogP contribution in [0.15, 0.2) is 47.4 Å². The van der Waals surface area contributed by atoms with Crippen LogP contribution in [0.25, 0.3) is 21.1 Å². The van der Waals surface area contributed by atoms with Gasteiger partial charge in [0.25, 0.3) is 0 Å². The van der Waals surface area contributed by atoms with Crippen LogP contribution in [-0.2, 0) is 0 Å². The molecule has 2 nitrogen and oxygen atoms in total. The van der Waals surface area contributed by atoms with Crippen LogP contribution in [0, 0.1) is 0 Å². The van der Waals surface area contributed by atoms with Gasteiger partial charge in [-0.3, -0.25) is 0 Å². The first kappa shape index (κ1) is 9.69. The molecule has 0 spiro atoms. The van der Waals surface area contributed by atoms with Crippen molar-refractivity contribution in [2.45, 2.75) is 0 Å². The first-order valence-corrected chi connectivity index (χ1v) is 6.60. The maximum Gasteiger partial charge on any atom is 0.123 e. The third kappa shape index (κ3) is 1.66. The summed E-state index contributed by atoms with van der Waals surface area (Å²) in [5, 5.41) is 6.08. The van der Waals surface area contributed by atoms with Crippen LogP contribution >= 0.6 is 22.7 Å². The molecule has 0 N–H and O–H groups in total. The summed E-state index contributed by atoms with van der Waals surface area (Å²) in [7, 11) is 0. The second-order valence-corrected chi connectivity index (χ2v) is 5.01. The van der Waals surface area contributed by atoms with E-state index in [-0.39, 0.29) is 0 Å². The van der Waals surface area contributed by atoms with E-state index >= 15 is 0 Å². The Hall–Kier alpha value is -1.52. The highest BCUT2D eigenvalue weighted by atomic mass is 32.1. The van der Waals surface area contributed by atoms with Crippen molar-refractivity contribution in [3.05, 3.63) is 47.4 Å². The van der Waals surface area contributed by atoms with Crippen molar-refractivity contribution in [2.75, 3.05) is 0 Å². The molecule has 0 aliphatic heterocycles. The normalized spacial score (nSPS) is 10.5. The Kier molecular flexibility index (Phi) is 2.52. The van der Waals surface area contributed by atoms with E-state index in [4.69, 9.17) is 0 Å². The minimum absolute atomic E-state index is 1.05. The zero-order valence-electron chi connectivity index (χ0n) is 8.33. The highest BCUT2D eigenvalue weighted by Crippen LogP contribution is 2.33. The van der Waals surface area contributed by atoms with Crippen LogP contribution in [0.3, 0.4) is 0 Å². The van der Waals surface area contributed by atoms with E-state index in [1.54, 1.807) is 22.7 Å². The van der Waals surface area contributed by atoms with Crippen molar-refractivity contribution in [1.82, 2.24) is 9.97 Å². The second kappa shape index (κ2) is 4.15. The molecular weight excluding hydrogens is 236 g/mol. The summed E-state index contributed by atoms with van der Waals surface area (Å²) in [6.07, 6.45) is 3.66. The van der Waals surface area contributed by atoms with Gasteiger partial charge < -0.3 is 0 Å². The first-order valence-electron chi connectivity index (χ1n) is 4.84. The monoisotopic (exact) mass is 244 g/mol. The largest absolute Gasteiger partial charge is 0.245 e. The van der Waals surface area contributed by atoms with Crippen LogP contribution in [-0.4, -0.2) is 9.97 Å². The molecule has 4 heteroatoms. The van der Waals surface area contributed by atoms with Gasteiger partial charge in [0, 0.05) is 34.3 Å². The minimum Gasteiger partial charge on any atom is -0.245 e. The summed E-state index contributed by atoms with van der Waals surface area (Å²) >= 11 is 3.31. The standard InChI is InChI=1S/C12H8N2S2/c1-2-4-10(12-14-6-8-16-12)9(3-1)11-13-5-7-15-11/h1-8H. The number of thiazole rings is 2. The molecule has 0 saturated carbocycles. The van der Waals surface area contributed by atoms with Gasteiger partial charge >= 0.3 is 0 Å². The number of benzene rings is 1. The summed E-state index contributed by atoms with van der Waals surface area (Å²) < 4.78 is 0. The van der Waals surface area contributed by atoms with Gasteiger partial charge in [0.2, 0.25) is 0 Å². The summed E-state index contributed by atoms with van der Waals surface area (Å²) in [6, 6.07) is 8.26. The fourth-order valence-electron chi connectivity index (χ4n) is 1.57. The quantitative estimate of drug-likeness (QED) is 0.682. The molecule has 78 valence electrons. The van der Waals surface area contributed by atoms with E-state index < -0.39 is 0 Å². The van der Waals surface area contributed by atoms with Crippen LogP contribution in [0.4, 0.5) is 0 Å². The number of aromatic nitrogens is 2. The molecule has 0 bridgehead atoms. The third-order valence-electron chi connectivity index (χ3n) is 2.25. The SMILES string of the molecule is c1ccc(-c2nccs2)c(-c2nccs2)c1. The molecule has 0 atom stereocenters. The van der Waals surface area contributed by atoms with E-state index in [1.807, 2.05) is 35.3 Å². The average molecular weight is 244 g/mol. The minimum atomic E-state index is 1.05. The van der Waals surface area contributed by atoms with E-state index in [0.29, 0.717) is 0 Å². The van der Waals surface area contributed by atoms with Gasteiger partial charge in [-0.05, 0) is 0 Å². The Labute approximate surface area is 101 Å². The van der Waals surface area contributed by atoms with Gasteiger partial charge in [0.1, 0.15) is 10.0 Å². The van der Waals surface area contributed by atoms with Crippen molar-refractivity contribution >= 4 is 22.7 Å². The maximum atomic E-state index is 4.35. The molecule has 0 aliphatic rings. The maximum absolute atomic E-state index is 4.35. The molecule has 0 fully saturated rings. The van der Waals surface area contributed by atoms with Crippen molar-refractivity contribution in [2.24, 2.45) is 0 Å². The highest BCUT2D eigenvalue weighted by Gasteiger charge is 2.09. The first-order chi connectivity index (χ1) is 7.95. The Morgan fingerprint density at radius 3 is 1.62 bits per heavy atom. The van der Waals surface area contributed by atoms with Crippen molar-refractivity contribution < 1.29 is 0 Å². The lowest BCUT2D eigenvalue weighted by Gasteiger charge is -2.03. The molecular formula is C12H8N2S2. The van der Waals surface area contributed by atoms with E-state index in [1.165, 1.54) is 0 Å². The molecule has 0 radical (unpaired) electrons. The number of nitrogens with zero attached hydrogens (tertiary/aromatic N) is 2. The van der Waals surface area contributed by atoms with Gasteiger partial charge in [0.05, 0.1) is 0 Å². The lowest BCUT2D eigenvalue weighted by atomic mass is 10.1. The highest BCUT2D eigenvalue weighted by molar-refractivity contribution is 7.14. The molecule has 16 heavy (non-hydrogen) atoms. The summed E-state index contributed by atoms with van der Waals surface area (Å²) in [4.78, 5) is 8.70. The molecule has 0 unspecified atom stereocenters. The summed E-state index contributed by atoms with van der Waals surface area (Å²) in [5.41, 5.74) is 2.32. The second-order valence-electron chi connectivity index (χ2n) is 3.22. The van der Waals surface area contributed by atoms with Crippen molar-refractivity contribution in [1.29, 1.82) is 0 Å². The lowest BCUT2D eigenvalue weighted by molar-refractivity contribution is 1.39. The van der Waals surface area contributed by atoms with Crippen LogP contribution in [0.1, 0.15) is 0 Å². The van der Waals surface area contributed by atoms with Crippen molar-refractivity contribution in [3.8, 4) is 21.1 Å². The zero-order chi connectivity index (χ0) is 10.8. The Morgan fingerprint density at radius 2 is 1.25 bits per heavy atom. The topological polar surface area (TPSA) is 25.8 Å². The molecule has 1 aromatic carbocycles. The molecule has 2 heterocycles. The smallest absolute Gasteiger partial charge is 0.123 e. The molecule has 3 rings (SSSR count). The predicted molar refractivity (Wildman–Crippen MR) is 68.7 cm³/mol. The molecule has 0 aliphatic carbocycles. The fraction of sp³-hybridized carbons (Fsp3) is 0. The van der Waals surface area contributed by atoms with E-state index in [0.717, 1.165) is 21.1 Å². The third-order valence-corrected chi connectivity index (χ3v) is 3.87. The Morgan fingerprint density at radius 1 is 0.750 bits per heavy atom. The van der Waals surface area contributed by atoms with Crippen LogP contribution < -0.4 is 0 Å². The van der Waals surface area contributed by atoms with Gasteiger partial charge in [-0.2, -0.15) is 0 Å². The molecule has 3 aromatic rings. The lowest BCUT2D eigenvalue weighted by Crippen LogP contribution is -1.82. The predicted octanol–water partition coefficient (Wildman–Crippen LogP) is 3.93. The summed E-state index contributed by atoms with van der Waals surface area (Å²) in [5.74, 6) is 0. The number of hydrogen-bond donors (Lipinski definition) is 0.